The van der Waals surface area contributed by atoms with Crippen molar-refractivity contribution in [3.8, 4) is 0 Å². The van der Waals surface area contributed by atoms with E-state index in [2.05, 4.69) is 24.1 Å². The van der Waals surface area contributed by atoms with Crippen LogP contribution in [0, 0.1) is 5.92 Å². The molecule has 0 N–H and O–H groups in total. The summed E-state index contributed by atoms with van der Waals surface area (Å²) < 4.78 is 5.75. The van der Waals surface area contributed by atoms with Crippen molar-refractivity contribution in [2.45, 2.75) is 37.3 Å². The second kappa shape index (κ2) is 7.42. The Hall–Kier alpha value is -1.84. The second-order valence-electron chi connectivity index (χ2n) is 7.49. The highest BCUT2D eigenvalue weighted by Crippen LogP contribution is 2.46. The maximum absolute atomic E-state index is 12.4. The molecule has 0 radical (unpaired) electrons. The minimum absolute atomic E-state index is 0.233. The third-order valence-electron chi connectivity index (χ3n) is 6.15. The van der Waals surface area contributed by atoms with Crippen molar-refractivity contribution in [3.63, 3.8) is 0 Å². The summed E-state index contributed by atoms with van der Waals surface area (Å²) in [5.41, 5.74) is 1.92. The van der Waals surface area contributed by atoms with Crippen molar-refractivity contribution in [2.75, 3.05) is 13.7 Å². The minimum Gasteiger partial charge on any atom is -0.462 e. The van der Waals surface area contributed by atoms with Gasteiger partial charge in [0.25, 0.3) is 0 Å². The number of nitrogens with zero attached hydrogens (tertiary/aromatic N) is 1. The third kappa shape index (κ3) is 3.38. The Bertz CT molecular complexity index is 761. The fourth-order valence-corrected chi connectivity index (χ4v) is 4.85. The van der Waals surface area contributed by atoms with Crippen LogP contribution in [0.15, 0.2) is 54.6 Å². The highest BCUT2D eigenvalue weighted by Gasteiger charge is 2.46. The van der Waals surface area contributed by atoms with Crippen LogP contribution in [0.3, 0.4) is 0 Å². The zero-order valence-electron chi connectivity index (χ0n) is 15.0. The van der Waals surface area contributed by atoms with Crippen molar-refractivity contribution in [3.05, 3.63) is 70.7 Å². The van der Waals surface area contributed by atoms with Crippen LogP contribution in [-0.2, 0) is 4.74 Å². The van der Waals surface area contributed by atoms with E-state index in [9.17, 15) is 4.79 Å². The number of carbonyl (C=O) groups excluding carboxylic acids is 1. The molecule has 26 heavy (non-hydrogen) atoms. The first kappa shape index (κ1) is 17.6. The van der Waals surface area contributed by atoms with Gasteiger partial charge in [0.2, 0.25) is 0 Å². The Kier molecular flexibility index (Phi) is 5.01. The van der Waals surface area contributed by atoms with Gasteiger partial charge >= 0.3 is 5.97 Å². The first-order chi connectivity index (χ1) is 12.6. The molecule has 2 aromatic rings. The fourth-order valence-electron chi connectivity index (χ4n) is 4.73. The second-order valence-corrected chi connectivity index (χ2v) is 7.92. The Balaban J connectivity index is 1.53. The summed E-state index contributed by atoms with van der Waals surface area (Å²) in [6.07, 6.45) is 3.52. The molecule has 2 heterocycles. The third-order valence-corrected chi connectivity index (χ3v) is 6.40. The normalized spacial score (nSPS) is 28.1. The topological polar surface area (TPSA) is 29.5 Å². The molecule has 2 fully saturated rings. The molecule has 0 aromatic heterocycles. The van der Waals surface area contributed by atoms with Gasteiger partial charge in [0.1, 0.15) is 0 Å². The number of fused-ring (bicyclic) bond motifs is 2. The van der Waals surface area contributed by atoms with E-state index in [4.69, 9.17) is 16.3 Å². The van der Waals surface area contributed by atoms with Crippen LogP contribution in [0.5, 0.6) is 0 Å². The average molecular weight is 370 g/mol. The van der Waals surface area contributed by atoms with Gasteiger partial charge in [-0.3, -0.25) is 0 Å². The summed E-state index contributed by atoms with van der Waals surface area (Å²) in [7, 11) is 2.21. The van der Waals surface area contributed by atoms with E-state index in [-0.39, 0.29) is 5.97 Å². The van der Waals surface area contributed by atoms with Crippen LogP contribution in [0.1, 0.15) is 41.1 Å². The lowest BCUT2D eigenvalue weighted by molar-refractivity contribution is 0.0187. The monoisotopic (exact) mass is 369 g/mol. The zero-order valence-corrected chi connectivity index (χ0v) is 15.7. The molecule has 2 aliphatic rings. The molecule has 4 atom stereocenters. The summed E-state index contributed by atoms with van der Waals surface area (Å²) in [6, 6.07) is 18.5. The maximum Gasteiger partial charge on any atom is 0.338 e. The lowest BCUT2D eigenvalue weighted by Crippen LogP contribution is -2.47. The average Bonchev–Trinajstić information content (AvgIpc) is 2.91. The molecule has 0 amide bonds. The molecular formula is C22H24ClNO2. The number of halogens is 1. The van der Waals surface area contributed by atoms with Crippen LogP contribution in [0.4, 0.5) is 0 Å². The number of piperidine rings is 1. The molecule has 4 rings (SSSR count). The van der Waals surface area contributed by atoms with Crippen LogP contribution < -0.4 is 0 Å². The van der Waals surface area contributed by atoms with Crippen LogP contribution >= 0.6 is 11.6 Å². The van der Waals surface area contributed by atoms with Gasteiger partial charge in [0, 0.05) is 23.0 Å². The molecule has 2 unspecified atom stereocenters. The van der Waals surface area contributed by atoms with Gasteiger partial charge in [0.15, 0.2) is 0 Å². The van der Waals surface area contributed by atoms with Gasteiger partial charge in [0.05, 0.1) is 12.2 Å². The Morgan fingerprint density at radius 3 is 2.58 bits per heavy atom. The number of hydrogen-bond acceptors (Lipinski definition) is 3. The summed E-state index contributed by atoms with van der Waals surface area (Å²) in [6.45, 7) is 0.461. The van der Waals surface area contributed by atoms with Gasteiger partial charge in [-0.2, -0.15) is 0 Å². The lowest BCUT2D eigenvalue weighted by Gasteiger charge is -2.43. The standard InChI is InChI=1S/C22H24ClNO2/c1-24-18-11-12-21(24)20(14-26-22(25)16-5-3-2-4-6-16)19(13-18)15-7-9-17(23)10-8-15/h2-10,18-21H,11-14H2,1H3/t18-,19-,20?,21?/m1/s1. The largest absolute Gasteiger partial charge is 0.462 e. The van der Waals surface area contributed by atoms with E-state index in [1.807, 2.05) is 30.3 Å². The Morgan fingerprint density at radius 1 is 1.12 bits per heavy atom. The first-order valence-electron chi connectivity index (χ1n) is 9.33. The number of hydrogen-bond donors (Lipinski definition) is 0. The fraction of sp³-hybridized carbons (Fsp3) is 0.409. The number of esters is 1. The Labute approximate surface area is 159 Å². The SMILES string of the molecule is CN1C2CC[C@@H]1C[C@H](c1ccc(Cl)cc1)C2COC(=O)c1ccccc1. The zero-order chi connectivity index (χ0) is 18.1. The van der Waals surface area contributed by atoms with E-state index in [1.165, 1.54) is 18.4 Å². The van der Waals surface area contributed by atoms with Crippen molar-refractivity contribution >= 4 is 17.6 Å². The highest BCUT2D eigenvalue weighted by molar-refractivity contribution is 6.30. The summed E-state index contributed by atoms with van der Waals surface area (Å²) in [4.78, 5) is 14.9. The quantitative estimate of drug-likeness (QED) is 0.727. The maximum atomic E-state index is 12.4. The number of benzene rings is 2. The predicted molar refractivity (Wildman–Crippen MR) is 104 cm³/mol. The molecule has 2 aliphatic heterocycles. The van der Waals surface area contributed by atoms with Crippen molar-refractivity contribution in [2.24, 2.45) is 5.92 Å². The van der Waals surface area contributed by atoms with E-state index in [0.717, 1.165) is 11.4 Å². The van der Waals surface area contributed by atoms with Crippen molar-refractivity contribution in [1.82, 2.24) is 4.90 Å². The van der Waals surface area contributed by atoms with E-state index in [0.29, 0.717) is 36.1 Å². The van der Waals surface area contributed by atoms with Gasteiger partial charge in [-0.05, 0) is 62.1 Å². The van der Waals surface area contributed by atoms with Crippen molar-refractivity contribution in [1.29, 1.82) is 0 Å². The van der Waals surface area contributed by atoms with Crippen LogP contribution in [-0.4, -0.2) is 36.6 Å². The summed E-state index contributed by atoms with van der Waals surface area (Å²) in [5, 5.41) is 0.761. The molecule has 0 spiro atoms. The molecule has 3 nitrogen and oxygen atoms in total. The Morgan fingerprint density at radius 2 is 1.85 bits per heavy atom. The van der Waals surface area contributed by atoms with Crippen LogP contribution in [0.25, 0.3) is 0 Å². The molecule has 0 saturated carbocycles. The molecule has 0 aliphatic carbocycles. The van der Waals surface area contributed by atoms with E-state index < -0.39 is 0 Å². The molecule has 2 bridgehead atoms. The van der Waals surface area contributed by atoms with Gasteiger partial charge in [-0.1, -0.05) is 41.9 Å². The smallest absolute Gasteiger partial charge is 0.338 e. The number of ether oxygens (including phenoxy) is 1. The molecule has 2 aromatic carbocycles. The molecule has 2 saturated heterocycles. The highest BCUT2D eigenvalue weighted by atomic mass is 35.5. The minimum atomic E-state index is -0.233. The van der Waals surface area contributed by atoms with Gasteiger partial charge in [-0.15, -0.1) is 0 Å². The molecular weight excluding hydrogens is 346 g/mol. The van der Waals surface area contributed by atoms with Crippen molar-refractivity contribution < 1.29 is 9.53 Å². The van der Waals surface area contributed by atoms with Gasteiger partial charge < -0.3 is 9.64 Å². The lowest BCUT2D eigenvalue weighted by atomic mass is 9.76. The summed E-state index contributed by atoms with van der Waals surface area (Å²) in [5.74, 6) is 0.486. The molecule has 4 heteroatoms. The van der Waals surface area contributed by atoms with E-state index in [1.54, 1.807) is 12.1 Å². The van der Waals surface area contributed by atoms with E-state index >= 15 is 0 Å². The predicted octanol–water partition coefficient (Wildman–Crippen LogP) is 4.76. The van der Waals surface area contributed by atoms with Crippen LogP contribution in [0.2, 0.25) is 5.02 Å². The first-order valence-corrected chi connectivity index (χ1v) is 9.71. The number of rotatable bonds is 4. The summed E-state index contributed by atoms with van der Waals surface area (Å²) >= 11 is 6.07. The molecule has 136 valence electrons. The van der Waals surface area contributed by atoms with Gasteiger partial charge in [-0.25, -0.2) is 4.79 Å². The number of carbonyl (C=O) groups is 1.